The number of aliphatic hydroxyl groups is 1. The third-order valence-corrected chi connectivity index (χ3v) is 2.67. The van der Waals surface area contributed by atoms with Gasteiger partial charge in [-0.3, -0.25) is 4.79 Å². The summed E-state index contributed by atoms with van der Waals surface area (Å²) in [5.41, 5.74) is 0.363. The van der Waals surface area contributed by atoms with Gasteiger partial charge in [0.2, 0.25) is 0 Å². The predicted molar refractivity (Wildman–Crippen MR) is 87.1 cm³/mol. The van der Waals surface area contributed by atoms with Gasteiger partial charge in [0.25, 0.3) is 5.78 Å². The lowest BCUT2D eigenvalue weighted by molar-refractivity contribution is -0.151. The summed E-state index contributed by atoms with van der Waals surface area (Å²) >= 11 is 0. The second kappa shape index (κ2) is 9.83. The van der Waals surface area contributed by atoms with E-state index in [0.29, 0.717) is 11.8 Å². The quantitative estimate of drug-likeness (QED) is 0.247. The van der Waals surface area contributed by atoms with Crippen LogP contribution < -0.4 is 5.32 Å². The lowest BCUT2D eigenvalue weighted by Crippen LogP contribution is -2.17. The maximum Gasteiger partial charge on any atom is 0.379 e. The van der Waals surface area contributed by atoms with E-state index in [4.69, 9.17) is 4.74 Å². The number of benzene rings is 1. The Hall–Kier alpha value is -3.09. The van der Waals surface area contributed by atoms with Crippen LogP contribution in [-0.2, 0) is 23.9 Å². The monoisotopic (exact) mass is 333 g/mol. The maximum atomic E-state index is 11.9. The molecule has 24 heavy (non-hydrogen) atoms. The second-order valence-electron chi connectivity index (χ2n) is 4.40. The van der Waals surface area contributed by atoms with Crippen LogP contribution in [0.15, 0.2) is 53.9 Å². The second-order valence-corrected chi connectivity index (χ2v) is 4.40. The summed E-state index contributed by atoms with van der Waals surface area (Å²) in [5.74, 6) is -3.74. The molecule has 0 amide bonds. The number of carbonyl (C=O) groups is 3. The molecule has 1 aromatic carbocycles. The number of hydrogen-bond acceptors (Lipinski definition) is 7. The Morgan fingerprint density at radius 1 is 1.04 bits per heavy atom. The van der Waals surface area contributed by atoms with Gasteiger partial charge in [0.1, 0.15) is 11.3 Å². The molecule has 0 atom stereocenters. The Morgan fingerprint density at radius 2 is 1.62 bits per heavy atom. The lowest BCUT2D eigenvalue weighted by atomic mass is 10.2. The van der Waals surface area contributed by atoms with E-state index in [0.717, 1.165) is 0 Å². The van der Waals surface area contributed by atoms with Gasteiger partial charge in [0.05, 0.1) is 13.2 Å². The number of para-hydroxylation sites is 1. The van der Waals surface area contributed by atoms with Gasteiger partial charge in [0, 0.05) is 18.0 Å². The van der Waals surface area contributed by atoms with E-state index in [1.165, 1.54) is 6.20 Å². The topological polar surface area (TPSA) is 102 Å². The molecular weight excluding hydrogens is 314 g/mol. The normalized spacial score (nSPS) is 11.6. The minimum Gasteiger partial charge on any atom is -0.507 e. The first-order valence-electron chi connectivity index (χ1n) is 7.30. The molecule has 0 radical (unpaired) electrons. The largest absolute Gasteiger partial charge is 0.507 e. The minimum absolute atomic E-state index is 0.0231. The fourth-order valence-corrected chi connectivity index (χ4v) is 1.60. The number of nitrogens with one attached hydrogen (secondary N) is 1. The number of rotatable bonds is 8. The zero-order chi connectivity index (χ0) is 17.9. The van der Waals surface area contributed by atoms with E-state index in [1.54, 1.807) is 38.1 Å². The van der Waals surface area contributed by atoms with Gasteiger partial charge in [-0.15, -0.1) is 0 Å². The van der Waals surface area contributed by atoms with E-state index in [1.807, 2.05) is 6.07 Å². The zero-order valence-electron chi connectivity index (χ0n) is 13.4. The highest BCUT2D eigenvalue weighted by Crippen LogP contribution is 2.12. The lowest BCUT2D eigenvalue weighted by Gasteiger charge is -2.08. The van der Waals surface area contributed by atoms with Crippen molar-refractivity contribution >= 4 is 23.4 Å². The number of hydrogen-bond donors (Lipinski definition) is 2. The summed E-state index contributed by atoms with van der Waals surface area (Å²) in [7, 11) is 0. The summed E-state index contributed by atoms with van der Waals surface area (Å²) in [6.07, 6.45) is 1.81. The number of carbonyl (C=O) groups excluding carboxylic acids is 3. The van der Waals surface area contributed by atoms with Crippen molar-refractivity contribution in [3.8, 4) is 0 Å². The predicted octanol–water partition coefficient (Wildman–Crippen LogP) is 2.12. The van der Waals surface area contributed by atoms with Crippen LogP contribution in [0.1, 0.15) is 13.8 Å². The third kappa shape index (κ3) is 5.96. The first-order valence-corrected chi connectivity index (χ1v) is 7.30. The van der Waals surface area contributed by atoms with Gasteiger partial charge < -0.3 is 19.9 Å². The SMILES string of the molecule is CCOC(=O)C(=O)/C=C(O)/C(=C/Nc1ccccc1)C(=O)OCC. The Kier molecular flexibility index (Phi) is 7.77. The van der Waals surface area contributed by atoms with Crippen LogP contribution in [0, 0.1) is 0 Å². The fraction of sp³-hybridized carbons (Fsp3) is 0.235. The molecule has 1 rings (SSSR count). The van der Waals surface area contributed by atoms with E-state index >= 15 is 0 Å². The summed E-state index contributed by atoms with van der Waals surface area (Å²) in [6.45, 7) is 3.25. The standard InChI is InChI=1S/C17H19NO6/c1-3-23-16(21)13(11-18-12-8-6-5-7-9-12)14(19)10-15(20)17(22)24-4-2/h5-11,18-19H,3-4H2,1-2H3/b13-11-,14-10-. The highest BCUT2D eigenvalue weighted by Gasteiger charge is 2.19. The molecule has 128 valence electrons. The van der Waals surface area contributed by atoms with Gasteiger partial charge in [-0.2, -0.15) is 0 Å². The average Bonchev–Trinajstić information content (AvgIpc) is 2.56. The Morgan fingerprint density at radius 3 is 2.21 bits per heavy atom. The summed E-state index contributed by atoms with van der Waals surface area (Å²) in [6, 6.07) is 8.85. The Balaban J connectivity index is 3.02. The van der Waals surface area contributed by atoms with Crippen molar-refractivity contribution in [2.75, 3.05) is 18.5 Å². The molecule has 7 nitrogen and oxygen atoms in total. The van der Waals surface area contributed by atoms with Gasteiger partial charge >= 0.3 is 11.9 Å². The van der Waals surface area contributed by atoms with Gasteiger partial charge in [-0.05, 0) is 26.0 Å². The van der Waals surface area contributed by atoms with E-state index < -0.39 is 23.5 Å². The van der Waals surface area contributed by atoms with Gasteiger partial charge in [-0.25, -0.2) is 9.59 Å². The Labute approximate surface area is 139 Å². The molecule has 0 bridgehead atoms. The molecule has 2 N–H and O–H groups in total. The molecular formula is C17H19NO6. The zero-order valence-corrected chi connectivity index (χ0v) is 13.4. The van der Waals surface area contributed by atoms with Crippen LogP contribution in [0.3, 0.4) is 0 Å². The number of ketones is 1. The number of esters is 2. The van der Waals surface area contributed by atoms with Crippen molar-refractivity contribution in [3.63, 3.8) is 0 Å². The molecule has 0 aliphatic carbocycles. The van der Waals surface area contributed by atoms with Crippen molar-refractivity contribution in [1.82, 2.24) is 0 Å². The third-order valence-electron chi connectivity index (χ3n) is 2.67. The molecule has 0 fully saturated rings. The van der Waals surface area contributed by atoms with Crippen molar-refractivity contribution in [2.45, 2.75) is 13.8 Å². The molecule has 0 saturated heterocycles. The van der Waals surface area contributed by atoms with E-state index in [2.05, 4.69) is 10.1 Å². The summed E-state index contributed by atoms with van der Waals surface area (Å²) in [4.78, 5) is 34.8. The van der Waals surface area contributed by atoms with Crippen LogP contribution in [0.25, 0.3) is 0 Å². The van der Waals surface area contributed by atoms with Crippen molar-refractivity contribution in [2.24, 2.45) is 0 Å². The van der Waals surface area contributed by atoms with E-state index in [-0.39, 0.29) is 18.8 Å². The first-order chi connectivity index (χ1) is 11.5. The number of ether oxygens (including phenoxy) is 2. The van der Waals surface area contributed by atoms with E-state index in [9.17, 15) is 19.5 Å². The molecule has 0 aromatic heterocycles. The molecule has 7 heteroatoms. The van der Waals surface area contributed by atoms with Crippen LogP contribution >= 0.6 is 0 Å². The number of aliphatic hydroxyl groups excluding tert-OH is 1. The highest BCUT2D eigenvalue weighted by atomic mass is 16.5. The minimum atomic E-state index is -1.12. The molecule has 1 aromatic rings. The average molecular weight is 333 g/mol. The summed E-state index contributed by atoms with van der Waals surface area (Å²) < 4.78 is 9.35. The molecule has 0 aliphatic heterocycles. The van der Waals surface area contributed by atoms with Crippen molar-refractivity contribution < 1.29 is 29.0 Å². The van der Waals surface area contributed by atoms with Crippen LogP contribution in [0.2, 0.25) is 0 Å². The van der Waals surface area contributed by atoms with Crippen LogP contribution in [0.5, 0.6) is 0 Å². The molecule has 0 unspecified atom stereocenters. The van der Waals surface area contributed by atoms with Crippen molar-refractivity contribution in [1.29, 1.82) is 0 Å². The molecule has 0 spiro atoms. The highest BCUT2D eigenvalue weighted by molar-refractivity contribution is 6.38. The molecule has 0 heterocycles. The van der Waals surface area contributed by atoms with Crippen molar-refractivity contribution in [3.05, 3.63) is 53.9 Å². The number of anilines is 1. The van der Waals surface area contributed by atoms with Crippen LogP contribution in [-0.4, -0.2) is 36.0 Å². The van der Waals surface area contributed by atoms with Gasteiger partial charge in [0.15, 0.2) is 0 Å². The van der Waals surface area contributed by atoms with Crippen LogP contribution in [0.4, 0.5) is 5.69 Å². The van der Waals surface area contributed by atoms with Gasteiger partial charge in [-0.1, -0.05) is 18.2 Å². The first kappa shape index (κ1) is 19.0. The fourth-order valence-electron chi connectivity index (χ4n) is 1.60. The summed E-state index contributed by atoms with van der Waals surface area (Å²) in [5, 5.41) is 12.8. The molecule has 0 aliphatic rings. The maximum absolute atomic E-state index is 11.9. The Bertz CT molecular complexity index is 648. The smallest absolute Gasteiger partial charge is 0.379 e. The molecule has 0 saturated carbocycles.